The number of benzene rings is 1. The zero-order valence-electron chi connectivity index (χ0n) is 14.6. The average molecular weight is 329 g/mol. The molecule has 2 heterocycles. The van der Waals surface area contributed by atoms with Crippen molar-refractivity contribution in [2.75, 3.05) is 26.2 Å². The molecule has 0 aliphatic carbocycles. The van der Waals surface area contributed by atoms with E-state index in [4.69, 9.17) is 4.52 Å². The van der Waals surface area contributed by atoms with Gasteiger partial charge in [0.25, 0.3) is 0 Å². The van der Waals surface area contributed by atoms with E-state index in [1.165, 1.54) is 19.5 Å². The number of carbonyl (C=O) groups is 1. The highest BCUT2D eigenvalue weighted by Crippen LogP contribution is 2.21. The summed E-state index contributed by atoms with van der Waals surface area (Å²) in [6, 6.07) is 7.64. The zero-order valence-corrected chi connectivity index (χ0v) is 14.6. The third-order valence-corrected chi connectivity index (χ3v) is 4.70. The molecule has 5 nitrogen and oxygen atoms in total. The van der Waals surface area contributed by atoms with Gasteiger partial charge in [0.1, 0.15) is 5.69 Å². The van der Waals surface area contributed by atoms with Gasteiger partial charge < -0.3 is 14.7 Å². The van der Waals surface area contributed by atoms with E-state index < -0.39 is 0 Å². The van der Waals surface area contributed by atoms with Crippen molar-refractivity contribution in [3.8, 4) is 0 Å². The molecule has 5 heteroatoms. The van der Waals surface area contributed by atoms with Gasteiger partial charge in [-0.2, -0.15) is 0 Å². The summed E-state index contributed by atoms with van der Waals surface area (Å²) >= 11 is 0. The summed E-state index contributed by atoms with van der Waals surface area (Å²) in [7, 11) is 0. The Balaban J connectivity index is 1.40. The SMILES string of the molecule is C[C@H]1C[C@H](C)CN(CCCNC(=O)Cc2noc3ccccc23)C1. The molecular weight excluding hydrogens is 302 g/mol. The fourth-order valence-electron chi connectivity index (χ4n) is 3.79. The third kappa shape index (κ3) is 4.35. The zero-order chi connectivity index (χ0) is 16.9. The summed E-state index contributed by atoms with van der Waals surface area (Å²) in [6.45, 7) is 8.79. The molecule has 1 aliphatic rings. The molecule has 130 valence electrons. The molecule has 1 amide bonds. The molecule has 1 fully saturated rings. The van der Waals surface area contributed by atoms with Gasteiger partial charge in [0.15, 0.2) is 5.58 Å². The molecular formula is C19H27N3O2. The van der Waals surface area contributed by atoms with Crippen LogP contribution in [-0.2, 0) is 11.2 Å². The number of piperidine rings is 1. The van der Waals surface area contributed by atoms with Gasteiger partial charge in [0, 0.05) is 25.0 Å². The fraction of sp³-hybridized carbons (Fsp3) is 0.579. The Morgan fingerprint density at radius 1 is 1.29 bits per heavy atom. The van der Waals surface area contributed by atoms with Gasteiger partial charge in [0.05, 0.1) is 6.42 Å². The number of fused-ring (bicyclic) bond motifs is 1. The van der Waals surface area contributed by atoms with Crippen LogP contribution in [0, 0.1) is 11.8 Å². The first-order valence-electron chi connectivity index (χ1n) is 8.94. The number of amides is 1. The van der Waals surface area contributed by atoms with E-state index in [1.54, 1.807) is 0 Å². The lowest BCUT2D eigenvalue weighted by atomic mass is 9.92. The lowest BCUT2D eigenvalue weighted by Crippen LogP contribution is -2.40. The average Bonchev–Trinajstić information content (AvgIpc) is 2.94. The maximum atomic E-state index is 12.1. The maximum absolute atomic E-state index is 12.1. The van der Waals surface area contributed by atoms with Crippen molar-refractivity contribution in [1.82, 2.24) is 15.4 Å². The first kappa shape index (κ1) is 17.0. The Hall–Kier alpha value is -1.88. The van der Waals surface area contributed by atoms with E-state index >= 15 is 0 Å². The highest BCUT2D eigenvalue weighted by molar-refractivity contribution is 5.86. The van der Waals surface area contributed by atoms with Crippen molar-refractivity contribution in [2.24, 2.45) is 11.8 Å². The van der Waals surface area contributed by atoms with Gasteiger partial charge in [-0.25, -0.2) is 0 Å². The van der Waals surface area contributed by atoms with E-state index in [0.29, 0.717) is 12.2 Å². The van der Waals surface area contributed by atoms with Crippen LogP contribution in [0.15, 0.2) is 28.8 Å². The van der Waals surface area contributed by atoms with Gasteiger partial charge in [-0.3, -0.25) is 4.79 Å². The van der Waals surface area contributed by atoms with Crippen LogP contribution in [0.5, 0.6) is 0 Å². The Morgan fingerprint density at radius 3 is 2.83 bits per heavy atom. The molecule has 3 rings (SSSR count). The summed E-state index contributed by atoms with van der Waals surface area (Å²) in [5.41, 5.74) is 1.44. The number of carbonyl (C=O) groups excluding carboxylic acids is 1. The molecule has 2 aromatic rings. The molecule has 1 aromatic heterocycles. The summed E-state index contributed by atoms with van der Waals surface area (Å²) in [4.78, 5) is 14.6. The van der Waals surface area contributed by atoms with Crippen LogP contribution in [0.2, 0.25) is 0 Å². The van der Waals surface area contributed by atoms with Crippen molar-refractivity contribution < 1.29 is 9.32 Å². The van der Waals surface area contributed by atoms with Gasteiger partial charge in [-0.15, -0.1) is 0 Å². The van der Waals surface area contributed by atoms with Gasteiger partial charge in [-0.1, -0.05) is 31.1 Å². The maximum Gasteiger partial charge on any atom is 0.226 e. The van der Waals surface area contributed by atoms with E-state index in [-0.39, 0.29) is 12.3 Å². The molecule has 0 unspecified atom stereocenters. The molecule has 1 N–H and O–H groups in total. The highest BCUT2D eigenvalue weighted by Gasteiger charge is 2.21. The predicted molar refractivity (Wildman–Crippen MR) is 94.7 cm³/mol. The molecule has 2 atom stereocenters. The second kappa shape index (κ2) is 7.79. The van der Waals surface area contributed by atoms with E-state index in [0.717, 1.165) is 35.8 Å². The van der Waals surface area contributed by atoms with Crippen molar-refractivity contribution >= 4 is 16.9 Å². The van der Waals surface area contributed by atoms with Crippen LogP contribution in [-0.4, -0.2) is 42.1 Å². The number of rotatable bonds is 6. The van der Waals surface area contributed by atoms with Gasteiger partial charge in [-0.05, 0) is 43.4 Å². The number of nitrogens with one attached hydrogen (secondary N) is 1. The minimum Gasteiger partial charge on any atom is -0.356 e. The molecule has 1 aromatic carbocycles. The van der Waals surface area contributed by atoms with Crippen LogP contribution in [0.1, 0.15) is 32.4 Å². The van der Waals surface area contributed by atoms with Crippen molar-refractivity contribution in [3.05, 3.63) is 30.0 Å². The Kier molecular flexibility index (Phi) is 5.51. The smallest absolute Gasteiger partial charge is 0.226 e. The van der Waals surface area contributed by atoms with Crippen LogP contribution in [0.25, 0.3) is 11.0 Å². The van der Waals surface area contributed by atoms with E-state index in [9.17, 15) is 4.79 Å². The van der Waals surface area contributed by atoms with Crippen molar-refractivity contribution in [2.45, 2.75) is 33.1 Å². The highest BCUT2D eigenvalue weighted by atomic mass is 16.5. The number of aromatic nitrogens is 1. The first-order chi connectivity index (χ1) is 11.6. The van der Waals surface area contributed by atoms with Crippen molar-refractivity contribution in [1.29, 1.82) is 0 Å². The van der Waals surface area contributed by atoms with Crippen LogP contribution in [0.3, 0.4) is 0 Å². The first-order valence-corrected chi connectivity index (χ1v) is 8.94. The number of hydrogen-bond donors (Lipinski definition) is 1. The van der Waals surface area contributed by atoms with Gasteiger partial charge >= 0.3 is 0 Å². The quantitative estimate of drug-likeness (QED) is 0.828. The lowest BCUT2D eigenvalue weighted by molar-refractivity contribution is -0.120. The topological polar surface area (TPSA) is 58.4 Å². The minimum atomic E-state index is 0.00873. The Bertz CT molecular complexity index is 672. The molecule has 1 aliphatic heterocycles. The van der Waals surface area contributed by atoms with Crippen LogP contribution in [0.4, 0.5) is 0 Å². The Morgan fingerprint density at radius 2 is 2.04 bits per heavy atom. The molecule has 1 saturated heterocycles. The Labute approximate surface area is 143 Å². The van der Waals surface area contributed by atoms with Crippen LogP contribution < -0.4 is 5.32 Å². The standard InChI is InChI=1S/C19H27N3O2/c1-14-10-15(2)13-22(12-14)9-5-8-20-19(23)11-17-16-6-3-4-7-18(16)24-21-17/h3-4,6-7,14-15H,5,8-13H2,1-2H3,(H,20,23)/t14-,15-/m0/s1. The van der Waals surface area contributed by atoms with Crippen LogP contribution >= 0.6 is 0 Å². The lowest BCUT2D eigenvalue weighted by Gasteiger charge is -2.34. The monoisotopic (exact) mass is 329 g/mol. The normalized spacial score (nSPS) is 21.9. The third-order valence-electron chi connectivity index (χ3n) is 4.70. The molecule has 0 bridgehead atoms. The second-order valence-electron chi connectivity index (χ2n) is 7.21. The largest absolute Gasteiger partial charge is 0.356 e. The van der Waals surface area contributed by atoms with E-state index in [2.05, 4.69) is 29.2 Å². The summed E-state index contributed by atoms with van der Waals surface area (Å²) < 4.78 is 5.24. The number of hydrogen-bond acceptors (Lipinski definition) is 4. The minimum absolute atomic E-state index is 0.00873. The molecule has 24 heavy (non-hydrogen) atoms. The summed E-state index contributed by atoms with van der Waals surface area (Å²) in [5.74, 6) is 1.57. The molecule has 0 spiro atoms. The number of nitrogens with zero attached hydrogens (tertiary/aromatic N) is 2. The van der Waals surface area contributed by atoms with E-state index in [1.807, 2.05) is 24.3 Å². The number of likely N-dealkylation sites (tertiary alicyclic amines) is 1. The van der Waals surface area contributed by atoms with Crippen molar-refractivity contribution in [3.63, 3.8) is 0 Å². The summed E-state index contributed by atoms with van der Waals surface area (Å²) in [6.07, 6.45) is 2.60. The second-order valence-corrected chi connectivity index (χ2v) is 7.21. The predicted octanol–water partition coefficient (Wildman–Crippen LogP) is 2.85. The fourth-order valence-corrected chi connectivity index (χ4v) is 3.79. The molecule has 0 saturated carbocycles. The molecule has 0 radical (unpaired) electrons. The number of para-hydroxylation sites is 1. The summed E-state index contributed by atoms with van der Waals surface area (Å²) in [5, 5.41) is 7.93. The van der Waals surface area contributed by atoms with Gasteiger partial charge in [0.2, 0.25) is 5.91 Å².